The molecule has 108 valence electrons. The van der Waals surface area contributed by atoms with Gasteiger partial charge >= 0.3 is 5.97 Å². The lowest BCUT2D eigenvalue weighted by Gasteiger charge is -2.18. The lowest BCUT2D eigenvalue weighted by Crippen LogP contribution is -2.41. The minimum Gasteiger partial charge on any atom is -0.507 e. The Morgan fingerprint density at radius 3 is 2.35 bits per heavy atom. The number of aromatic carboxylic acids is 1. The first-order chi connectivity index (χ1) is 9.11. The second-order valence-electron chi connectivity index (χ2n) is 5.20. The normalized spacial score (nSPS) is 10.8. The number of rotatable bonds is 2. The zero-order chi connectivity index (χ0) is 15.5. The van der Waals surface area contributed by atoms with Crippen LogP contribution in [0.1, 0.15) is 31.1 Å². The summed E-state index contributed by atoms with van der Waals surface area (Å²) in [7, 11) is 0. The molecule has 0 saturated heterocycles. The van der Waals surface area contributed by atoms with Crippen LogP contribution in [-0.4, -0.2) is 27.2 Å². The third-order valence-electron chi connectivity index (χ3n) is 2.39. The van der Waals surface area contributed by atoms with Crippen LogP contribution in [0, 0.1) is 5.41 Å². The Balaban J connectivity index is 2.79. The van der Waals surface area contributed by atoms with E-state index in [-0.39, 0.29) is 22.3 Å². The molecule has 0 bridgehead atoms. The maximum Gasteiger partial charge on any atom is 0.339 e. The van der Waals surface area contributed by atoms with Gasteiger partial charge in [-0.1, -0.05) is 20.8 Å². The number of carboxylic acid groups (broad SMARTS) is 1. The Bertz CT molecular complexity index is 564. The van der Waals surface area contributed by atoms with Crippen molar-refractivity contribution in [2.24, 2.45) is 5.41 Å². The van der Waals surface area contributed by atoms with Crippen LogP contribution in [0.4, 0.5) is 5.69 Å². The second-order valence-corrected chi connectivity index (χ2v) is 5.60. The molecule has 0 aliphatic heterocycles. The van der Waals surface area contributed by atoms with Crippen molar-refractivity contribution in [2.75, 3.05) is 5.32 Å². The fourth-order valence-electron chi connectivity index (χ4n) is 1.24. The van der Waals surface area contributed by atoms with Gasteiger partial charge in [0.15, 0.2) is 5.11 Å². The van der Waals surface area contributed by atoms with Crippen LogP contribution in [0.15, 0.2) is 18.2 Å². The van der Waals surface area contributed by atoms with Gasteiger partial charge in [-0.15, -0.1) is 0 Å². The number of amides is 1. The van der Waals surface area contributed by atoms with E-state index >= 15 is 0 Å². The summed E-state index contributed by atoms with van der Waals surface area (Å²) >= 11 is 4.97. The molecule has 0 aliphatic rings. The average Bonchev–Trinajstić information content (AvgIpc) is 2.29. The molecular formula is C13H16N2O4S. The summed E-state index contributed by atoms with van der Waals surface area (Å²) in [6.07, 6.45) is 0. The van der Waals surface area contributed by atoms with Crippen LogP contribution >= 0.6 is 12.2 Å². The van der Waals surface area contributed by atoms with Gasteiger partial charge in [0.1, 0.15) is 11.3 Å². The van der Waals surface area contributed by atoms with Crippen LogP contribution < -0.4 is 10.6 Å². The van der Waals surface area contributed by atoms with E-state index in [1.165, 1.54) is 18.2 Å². The number of carbonyl (C=O) groups excluding carboxylic acids is 1. The zero-order valence-corrected chi connectivity index (χ0v) is 12.2. The molecule has 6 nitrogen and oxygen atoms in total. The Hall–Kier alpha value is -2.15. The van der Waals surface area contributed by atoms with Crippen LogP contribution in [0.2, 0.25) is 0 Å². The van der Waals surface area contributed by atoms with Crippen LogP contribution in [0.3, 0.4) is 0 Å². The smallest absolute Gasteiger partial charge is 0.339 e. The first-order valence-electron chi connectivity index (χ1n) is 5.80. The van der Waals surface area contributed by atoms with Gasteiger partial charge in [0.25, 0.3) is 0 Å². The molecule has 0 fully saturated rings. The van der Waals surface area contributed by atoms with Crippen molar-refractivity contribution in [2.45, 2.75) is 20.8 Å². The number of thiocarbonyl (C=S) groups is 1. The molecule has 1 amide bonds. The third kappa shape index (κ3) is 4.20. The van der Waals surface area contributed by atoms with Crippen LogP contribution in [0.25, 0.3) is 0 Å². The fourth-order valence-corrected chi connectivity index (χ4v) is 1.45. The van der Waals surface area contributed by atoms with Crippen molar-refractivity contribution in [3.05, 3.63) is 23.8 Å². The molecule has 0 unspecified atom stereocenters. The SMILES string of the molecule is CC(C)(C)C(=O)NC(=S)Nc1ccc(O)c(C(=O)O)c1. The molecule has 0 spiro atoms. The molecule has 0 heterocycles. The number of carbonyl (C=O) groups is 2. The van der Waals surface area contributed by atoms with E-state index in [0.29, 0.717) is 5.69 Å². The van der Waals surface area contributed by atoms with E-state index < -0.39 is 11.4 Å². The summed E-state index contributed by atoms with van der Waals surface area (Å²) in [6.45, 7) is 5.23. The van der Waals surface area contributed by atoms with Crippen molar-refractivity contribution >= 4 is 34.9 Å². The number of carboxylic acids is 1. The van der Waals surface area contributed by atoms with Gasteiger partial charge in [-0.05, 0) is 30.4 Å². The lowest BCUT2D eigenvalue weighted by atomic mass is 9.96. The van der Waals surface area contributed by atoms with Crippen molar-refractivity contribution in [3.8, 4) is 5.75 Å². The number of hydrogen-bond donors (Lipinski definition) is 4. The topological polar surface area (TPSA) is 98.7 Å². The molecule has 0 aromatic heterocycles. The fraction of sp³-hybridized carbons (Fsp3) is 0.308. The maximum atomic E-state index is 11.7. The Morgan fingerprint density at radius 1 is 1.25 bits per heavy atom. The molecule has 0 aliphatic carbocycles. The van der Waals surface area contributed by atoms with E-state index in [0.717, 1.165) is 0 Å². The summed E-state index contributed by atoms with van der Waals surface area (Å²) in [5, 5.41) is 23.5. The standard InChI is InChI=1S/C13H16N2O4S/c1-13(2,3)11(19)15-12(20)14-7-4-5-9(16)8(6-7)10(17)18/h4-6,16H,1-3H3,(H,17,18)(H2,14,15,19,20). The number of aromatic hydroxyl groups is 1. The van der Waals surface area contributed by atoms with Gasteiger partial charge in [-0.25, -0.2) is 4.79 Å². The van der Waals surface area contributed by atoms with Gasteiger partial charge in [-0.3, -0.25) is 4.79 Å². The highest BCUT2D eigenvalue weighted by Crippen LogP contribution is 2.21. The monoisotopic (exact) mass is 296 g/mol. The van der Waals surface area contributed by atoms with Gasteiger partial charge in [0.2, 0.25) is 5.91 Å². The van der Waals surface area contributed by atoms with E-state index in [1.54, 1.807) is 20.8 Å². The minimum atomic E-state index is -1.25. The highest BCUT2D eigenvalue weighted by molar-refractivity contribution is 7.80. The van der Waals surface area contributed by atoms with E-state index in [4.69, 9.17) is 17.3 Å². The van der Waals surface area contributed by atoms with Crippen molar-refractivity contribution < 1.29 is 19.8 Å². The second kappa shape index (κ2) is 5.87. The molecule has 20 heavy (non-hydrogen) atoms. The predicted octanol–water partition coefficient (Wildman–Crippen LogP) is 1.95. The van der Waals surface area contributed by atoms with Gasteiger partial charge < -0.3 is 20.8 Å². The van der Waals surface area contributed by atoms with Crippen molar-refractivity contribution in [1.82, 2.24) is 5.32 Å². The lowest BCUT2D eigenvalue weighted by molar-refractivity contribution is -0.126. The highest BCUT2D eigenvalue weighted by Gasteiger charge is 2.22. The molecule has 1 rings (SSSR count). The van der Waals surface area contributed by atoms with Crippen LogP contribution in [-0.2, 0) is 4.79 Å². The van der Waals surface area contributed by atoms with E-state index in [1.807, 2.05) is 0 Å². The average molecular weight is 296 g/mol. The Morgan fingerprint density at radius 2 is 1.85 bits per heavy atom. The molecule has 0 radical (unpaired) electrons. The maximum absolute atomic E-state index is 11.7. The molecule has 0 atom stereocenters. The first-order valence-corrected chi connectivity index (χ1v) is 6.21. The number of benzene rings is 1. The van der Waals surface area contributed by atoms with Crippen molar-refractivity contribution in [3.63, 3.8) is 0 Å². The number of nitrogens with one attached hydrogen (secondary N) is 2. The summed E-state index contributed by atoms with van der Waals surface area (Å²) in [5.41, 5.74) is -0.480. The van der Waals surface area contributed by atoms with Gasteiger partial charge in [0.05, 0.1) is 0 Å². The molecular weight excluding hydrogens is 280 g/mol. The zero-order valence-electron chi connectivity index (χ0n) is 11.4. The first kappa shape index (κ1) is 15.9. The molecule has 1 aromatic rings. The van der Waals surface area contributed by atoms with Gasteiger partial charge in [0, 0.05) is 11.1 Å². The Labute approximate surface area is 121 Å². The number of phenols is 1. The molecule has 4 N–H and O–H groups in total. The minimum absolute atomic E-state index is 0.0620. The predicted molar refractivity (Wildman–Crippen MR) is 78.9 cm³/mol. The van der Waals surface area contributed by atoms with Crippen molar-refractivity contribution in [1.29, 1.82) is 0 Å². The Kier molecular flexibility index (Phi) is 4.67. The van der Waals surface area contributed by atoms with E-state index in [9.17, 15) is 14.7 Å². The summed E-state index contributed by atoms with van der Waals surface area (Å²) in [4.78, 5) is 22.6. The molecule has 7 heteroatoms. The molecule has 1 aromatic carbocycles. The number of hydrogen-bond acceptors (Lipinski definition) is 4. The number of anilines is 1. The van der Waals surface area contributed by atoms with E-state index in [2.05, 4.69) is 10.6 Å². The summed E-state index contributed by atoms with van der Waals surface area (Å²) in [5.74, 6) is -1.85. The largest absolute Gasteiger partial charge is 0.507 e. The van der Waals surface area contributed by atoms with Gasteiger partial charge in [-0.2, -0.15) is 0 Å². The van der Waals surface area contributed by atoms with Crippen LogP contribution in [0.5, 0.6) is 5.75 Å². The quantitative estimate of drug-likeness (QED) is 0.492. The molecule has 0 saturated carbocycles. The highest BCUT2D eigenvalue weighted by atomic mass is 32.1. The third-order valence-corrected chi connectivity index (χ3v) is 2.60. The summed E-state index contributed by atoms with van der Waals surface area (Å²) < 4.78 is 0. The summed E-state index contributed by atoms with van der Waals surface area (Å²) in [6, 6.07) is 3.92.